The lowest BCUT2D eigenvalue weighted by Gasteiger charge is -2.21. The molecule has 118 valence electrons. The minimum absolute atomic E-state index is 0.0327. The number of aromatic amines is 1. The van der Waals surface area contributed by atoms with Crippen LogP contribution in [0.25, 0.3) is 0 Å². The van der Waals surface area contributed by atoms with Crippen LogP contribution in [0.15, 0.2) is 29.1 Å². The van der Waals surface area contributed by atoms with Crippen LogP contribution < -0.4 is 21.9 Å². The number of amides is 2. The summed E-state index contributed by atoms with van der Waals surface area (Å²) in [6, 6.07) is 6.75. The van der Waals surface area contributed by atoms with Crippen molar-refractivity contribution < 1.29 is 9.59 Å². The molecule has 0 fully saturated rings. The van der Waals surface area contributed by atoms with Crippen LogP contribution in [-0.4, -0.2) is 21.8 Å². The number of nitrogens with zero attached hydrogens (tertiary/aromatic N) is 1. The van der Waals surface area contributed by atoms with Crippen molar-refractivity contribution in [2.45, 2.75) is 12.3 Å². The topological polar surface area (TPSA) is 130 Å². The molecule has 5 N–H and O–H groups in total. The molecule has 1 aromatic carbocycles. The number of carbonyl (C=O) groups excluding carboxylic acids is 2. The molecular formula is C14H12ClN5O3. The van der Waals surface area contributed by atoms with Crippen LogP contribution in [0.2, 0.25) is 5.02 Å². The average Bonchev–Trinajstić information content (AvgIpc) is 2.48. The number of benzene rings is 1. The summed E-state index contributed by atoms with van der Waals surface area (Å²) in [5.74, 6) is -1.99. The highest BCUT2D eigenvalue weighted by molar-refractivity contribution is 6.30. The first-order chi connectivity index (χ1) is 10.9. The zero-order chi connectivity index (χ0) is 16.6. The van der Waals surface area contributed by atoms with Crippen molar-refractivity contribution in [1.82, 2.24) is 9.97 Å². The Kier molecular flexibility index (Phi) is 3.75. The van der Waals surface area contributed by atoms with Crippen molar-refractivity contribution in [3.05, 3.63) is 45.2 Å². The summed E-state index contributed by atoms with van der Waals surface area (Å²) >= 11 is 5.80. The van der Waals surface area contributed by atoms with E-state index in [0.717, 1.165) is 0 Å². The van der Waals surface area contributed by atoms with Crippen molar-refractivity contribution in [2.75, 3.05) is 10.6 Å². The highest BCUT2D eigenvalue weighted by Crippen LogP contribution is 2.28. The van der Waals surface area contributed by atoms with Gasteiger partial charge < -0.3 is 16.4 Å². The molecule has 0 saturated carbocycles. The largest absolute Gasteiger partial charge is 0.369 e. The van der Waals surface area contributed by atoms with Gasteiger partial charge in [0.05, 0.1) is 11.5 Å². The Labute approximate surface area is 135 Å². The van der Waals surface area contributed by atoms with Gasteiger partial charge in [-0.1, -0.05) is 11.6 Å². The van der Waals surface area contributed by atoms with Crippen molar-refractivity contribution in [3.8, 4) is 0 Å². The van der Waals surface area contributed by atoms with Gasteiger partial charge in [0, 0.05) is 17.1 Å². The highest BCUT2D eigenvalue weighted by Gasteiger charge is 2.33. The predicted molar refractivity (Wildman–Crippen MR) is 84.8 cm³/mol. The fourth-order valence-corrected chi connectivity index (χ4v) is 2.47. The van der Waals surface area contributed by atoms with Crippen LogP contribution in [-0.2, 0) is 9.59 Å². The summed E-state index contributed by atoms with van der Waals surface area (Å²) in [5, 5.41) is 5.94. The van der Waals surface area contributed by atoms with Crippen LogP contribution in [0.4, 0.5) is 17.5 Å². The maximum atomic E-state index is 12.2. The number of hydrogen-bond donors (Lipinski definition) is 4. The molecule has 3 rings (SSSR count). The number of rotatable bonds is 3. The average molecular weight is 334 g/mol. The first kappa shape index (κ1) is 15.0. The van der Waals surface area contributed by atoms with E-state index in [1.54, 1.807) is 24.3 Å². The molecule has 0 spiro atoms. The third-order valence-corrected chi connectivity index (χ3v) is 3.65. The molecule has 1 aliphatic heterocycles. The molecular weight excluding hydrogens is 322 g/mol. The lowest BCUT2D eigenvalue weighted by atomic mass is 9.93. The Bertz CT molecular complexity index is 846. The summed E-state index contributed by atoms with van der Waals surface area (Å²) < 4.78 is 0. The van der Waals surface area contributed by atoms with Gasteiger partial charge in [0.1, 0.15) is 5.82 Å². The summed E-state index contributed by atoms with van der Waals surface area (Å²) in [6.07, 6.45) is -0.170. The van der Waals surface area contributed by atoms with Crippen molar-refractivity contribution in [3.63, 3.8) is 0 Å². The molecule has 1 atom stereocenters. The number of carbonyl (C=O) groups is 2. The standard InChI is InChI=1S/C14H12ClN5O3/c15-6-1-3-7(4-2-6)17-14-19-12-10(13(23)20-14)8(11(16)22)5-9(21)18-12/h1-4,8H,5H2,(H2,16,22)(H3,17,18,19,20,21,23)/t8-/m0/s1. The Balaban J connectivity index is 1.99. The van der Waals surface area contributed by atoms with Gasteiger partial charge in [0.25, 0.3) is 5.56 Å². The third-order valence-electron chi connectivity index (χ3n) is 3.40. The second-order valence-electron chi connectivity index (χ2n) is 5.02. The van der Waals surface area contributed by atoms with Crippen LogP contribution in [0.3, 0.4) is 0 Å². The fraction of sp³-hybridized carbons (Fsp3) is 0.143. The maximum absolute atomic E-state index is 12.2. The summed E-state index contributed by atoms with van der Waals surface area (Å²) in [7, 11) is 0. The molecule has 2 aromatic rings. The Hall–Kier alpha value is -2.87. The number of H-pyrrole nitrogens is 1. The van der Waals surface area contributed by atoms with E-state index in [0.29, 0.717) is 10.7 Å². The molecule has 0 aliphatic carbocycles. The van der Waals surface area contributed by atoms with E-state index in [9.17, 15) is 14.4 Å². The zero-order valence-corrected chi connectivity index (χ0v) is 12.5. The van der Waals surface area contributed by atoms with E-state index in [-0.39, 0.29) is 23.8 Å². The number of anilines is 3. The number of hydrogen-bond acceptors (Lipinski definition) is 5. The summed E-state index contributed by atoms with van der Waals surface area (Å²) in [4.78, 5) is 42.0. The Morgan fingerprint density at radius 3 is 2.65 bits per heavy atom. The van der Waals surface area contributed by atoms with E-state index >= 15 is 0 Å². The van der Waals surface area contributed by atoms with Gasteiger partial charge in [-0.2, -0.15) is 4.98 Å². The molecule has 1 aromatic heterocycles. The van der Waals surface area contributed by atoms with E-state index in [2.05, 4.69) is 20.6 Å². The van der Waals surface area contributed by atoms with Crippen molar-refractivity contribution in [2.24, 2.45) is 5.73 Å². The molecule has 1 aliphatic rings. The summed E-state index contributed by atoms with van der Waals surface area (Å²) in [5.41, 5.74) is 5.44. The molecule has 23 heavy (non-hydrogen) atoms. The lowest BCUT2D eigenvalue weighted by molar-refractivity contribution is -0.124. The van der Waals surface area contributed by atoms with Crippen LogP contribution in [0.1, 0.15) is 17.9 Å². The molecule has 0 bridgehead atoms. The minimum Gasteiger partial charge on any atom is -0.369 e. The number of primary amides is 1. The SMILES string of the molecule is NC(=O)[C@H]1CC(=O)Nc2nc(Nc3ccc(Cl)cc3)[nH]c(=O)c21. The third kappa shape index (κ3) is 3.02. The first-order valence-corrected chi connectivity index (χ1v) is 7.08. The highest BCUT2D eigenvalue weighted by atomic mass is 35.5. The number of fused-ring (bicyclic) bond motifs is 1. The smallest absolute Gasteiger partial charge is 0.258 e. The number of nitrogens with two attached hydrogens (primary N) is 1. The van der Waals surface area contributed by atoms with E-state index < -0.39 is 23.3 Å². The van der Waals surface area contributed by atoms with Gasteiger partial charge in [0.2, 0.25) is 17.8 Å². The lowest BCUT2D eigenvalue weighted by Crippen LogP contribution is -2.36. The monoisotopic (exact) mass is 333 g/mol. The zero-order valence-electron chi connectivity index (χ0n) is 11.7. The Morgan fingerprint density at radius 2 is 2.00 bits per heavy atom. The van der Waals surface area contributed by atoms with Gasteiger partial charge >= 0.3 is 0 Å². The van der Waals surface area contributed by atoms with E-state index in [1.165, 1.54) is 0 Å². The second kappa shape index (κ2) is 5.73. The first-order valence-electron chi connectivity index (χ1n) is 6.70. The second-order valence-corrected chi connectivity index (χ2v) is 5.45. The van der Waals surface area contributed by atoms with Crippen LogP contribution in [0.5, 0.6) is 0 Å². The molecule has 9 heteroatoms. The normalized spacial score (nSPS) is 16.4. The quantitative estimate of drug-likeness (QED) is 0.667. The number of halogens is 1. The van der Waals surface area contributed by atoms with Crippen LogP contribution in [0, 0.1) is 0 Å². The van der Waals surface area contributed by atoms with Gasteiger partial charge in [-0.15, -0.1) is 0 Å². The van der Waals surface area contributed by atoms with Gasteiger partial charge in [-0.05, 0) is 24.3 Å². The van der Waals surface area contributed by atoms with E-state index in [1.807, 2.05) is 0 Å². The van der Waals surface area contributed by atoms with Gasteiger partial charge in [0.15, 0.2) is 0 Å². The molecule has 0 unspecified atom stereocenters. The molecule has 0 radical (unpaired) electrons. The maximum Gasteiger partial charge on any atom is 0.258 e. The number of aromatic nitrogens is 2. The molecule has 0 saturated heterocycles. The van der Waals surface area contributed by atoms with Gasteiger partial charge in [-0.3, -0.25) is 19.4 Å². The minimum atomic E-state index is -0.986. The fourth-order valence-electron chi connectivity index (χ4n) is 2.34. The molecule has 2 heterocycles. The van der Waals surface area contributed by atoms with Crippen LogP contribution >= 0.6 is 11.6 Å². The van der Waals surface area contributed by atoms with Crippen molar-refractivity contribution >= 4 is 40.9 Å². The summed E-state index contributed by atoms with van der Waals surface area (Å²) in [6.45, 7) is 0. The van der Waals surface area contributed by atoms with Crippen molar-refractivity contribution in [1.29, 1.82) is 0 Å². The number of nitrogens with one attached hydrogen (secondary N) is 3. The van der Waals surface area contributed by atoms with Gasteiger partial charge in [-0.25, -0.2) is 0 Å². The molecule has 8 nitrogen and oxygen atoms in total. The molecule has 2 amide bonds. The van der Waals surface area contributed by atoms with E-state index in [4.69, 9.17) is 17.3 Å². The predicted octanol–water partition coefficient (Wildman–Crippen LogP) is 1.08. The Morgan fingerprint density at radius 1 is 1.30 bits per heavy atom.